The van der Waals surface area contributed by atoms with Gasteiger partial charge in [0.25, 0.3) is 0 Å². The predicted molar refractivity (Wildman–Crippen MR) is 59.7 cm³/mol. The summed E-state index contributed by atoms with van der Waals surface area (Å²) in [5.41, 5.74) is 0. The van der Waals surface area contributed by atoms with Gasteiger partial charge in [-0.1, -0.05) is 6.92 Å². The molecule has 1 amide bonds. The fourth-order valence-corrected chi connectivity index (χ4v) is 1.99. The summed E-state index contributed by atoms with van der Waals surface area (Å²) in [6.45, 7) is 7.89. The number of hydrogen-bond donors (Lipinski definition) is 1. The van der Waals surface area contributed by atoms with E-state index in [0.29, 0.717) is 18.4 Å². The van der Waals surface area contributed by atoms with E-state index in [-0.39, 0.29) is 5.91 Å². The van der Waals surface area contributed by atoms with Gasteiger partial charge >= 0.3 is 0 Å². The van der Waals surface area contributed by atoms with E-state index >= 15 is 0 Å². The normalized spacial score (nSPS) is 25.9. The summed E-state index contributed by atoms with van der Waals surface area (Å²) in [4.78, 5) is 13.6. The molecule has 0 unspecified atom stereocenters. The molecule has 1 aliphatic heterocycles. The molecule has 0 saturated carbocycles. The Bertz CT molecular complexity index is 209. The largest absolute Gasteiger partial charge is 0.381 e. The second-order valence-electron chi connectivity index (χ2n) is 4.23. The number of carbonyl (C=O) groups is 1. The quantitative estimate of drug-likeness (QED) is 0.717. The maximum absolute atomic E-state index is 11.6. The molecular weight excluding hydrogens is 192 g/mol. The Morgan fingerprint density at radius 1 is 1.53 bits per heavy atom. The maximum atomic E-state index is 11.6. The molecule has 0 aliphatic carbocycles. The molecule has 4 heteroatoms. The van der Waals surface area contributed by atoms with Crippen LogP contribution in [0.5, 0.6) is 0 Å². The molecule has 15 heavy (non-hydrogen) atoms. The third-order valence-corrected chi connectivity index (χ3v) is 2.98. The molecule has 88 valence electrons. The number of nitrogens with zero attached hydrogens (tertiary/aromatic N) is 1. The van der Waals surface area contributed by atoms with Crippen molar-refractivity contribution in [2.75, 3.05) is 39.9 Å². The standard InChI is InChI=1S/C11H22N2O2/c1-4-15-8-10-7-13(6-9(10)2)11(14)5-12-3/h9-10,12H,4-8H2,1-3H3/t9-,10+/m0/s1. The molecule has 1 aliphatic rings. The first-order valence-corrected chi connectivity index (χ1v) is 5.69. The molecule has 0 aromatic rings. The van der Waals surface area contributed by atoms with Gasteiger partial charge in [-0.3, -0.25) is 4.79 Å². The minimum atomic E-state index is 0.198. The third kappa shape index (κ3) is 3.47. The number of amides is 1. The average molecular weight is 214 g/mol. The Morgan fingerprint density at radius 3 is 2.87 bits per heavy atom. The van der Waals surface area contributed by atoms with Crippen molar-refractivity contribution in [3.63, 3.8) is 0 Å². The molecule has 0 bridgehead atoms. The van der Waals surface area contributed by atoms with Gasteiger partial charge in [0.15, 0.2) is 0 Å². The van der Waals surface area contributed by atoms with Crippen LogP contribution < -0.4 is 5.32 Å². The first-order chi connectivity index (χ1) is 7.19. The summed E-state index contributed by atoms with van der Waals surface area (Å²) < 4.78 is 5.42. The molecule has 0 aromatic carbocycles. The smallest absolute Gasteiger partial charge is 0.236 e. The Labute approximate surface area is 92.0 Å². The fraction of sp³-hybridized carbons (Fsp3) is 0.909. The summed E-state index contributed by atoms with van der Waals surface area (Å²) in [7, 11) is 1.80. The van der Waals surface area contributed by atoms with Gasteiger partial charge < -0.3 is 15.0 Å². The lowest BCUT2D eigenvalue weighted by Crippen LogP contribution is -2.35. The number of rotatable bonds is 5. The molecule has 0 aromatic heterocycles. The van der Waals surface area contributed by atoms with Crippen molar-refractivity contribution in [1.82, 2.24) is 10.2 Å². The number of ether oxygens (including phenoxy) is 1. The van der Waals surface area contributed by atoms with E-state index in [9.17, 15) is 4.79 Å². The molecule has 1 fully saturated rings. The summed E-state index contributed by atoms with van der Waals surface area (Å²) in [6, 6.07) is 0. The Kier molecular flexibility index (Phi) is 5.05. The van der Waals surface area contributed by atoms with E-state index in [2.05, 4.69) is 12.2 Å². The van der Waals surface area contributed by atoms with Gasteiger partial charge in [0.05, 0.1) is 13.2 Å². The van der Waals surface area contributed by atoms with E-state index in [1.54, 1.807) is 7.05 Å². The highest BCUT2D eigenvalue weighted by molar-refractivity contribution is 5.78. The van der Waals surface area contributed by atoms with Crippen LogP contribution in [0, 0.1) is 11.8 Å². The minimum absolute atomic E-state index is 0.198. The lowest BCUT2D eigenvalue weighted by molar-refractivity contribution is -0.129. The van der Waals surface area contributed by atoms with Gasteiger partial charge in [-0.2, -0.15) is 0 Å². The summed E-state index contributed by atoms with van der Waals surface area (Å²) >= 11 is 0. The van der Waals surface area contributed by atoms with Crippen molar-refractivity contribution in [3.8, 4) is 0 Å². The number of likely N-dealkylation sites (N-methyl/N-ethyl adjacent to an activating group) is 1. The Balaban J connectivity index is 2.37. The van der Waals surface area contributed by atoms with E-state index in [0.717, 1.165) is 26.3 Å². The molecule has 1 saturated heterocycles. The minimum Gasteiger partial charge on any atom is -0.381 e. The van der Waals surface area contributed by atoms with Crippen molar-refractivity contribution in [1.29, 1.82) is 0 Å². The highest BCUT2D eigenvalue weighted by Crippen LogP contribution is 2.23. The zero-order chi connectivity index (χ0) is 11.3. The first-order valence-electron chi connectivity index (χ1n) is 5.69. The van der Waals surface area contributed by atoms with Crippen LogP contribution in [0.25, 0.3) is 0 Å². The van der Waals surface area contributed by atoms with Crippen molar-refractivity contribution in [2.45, 2.75) is 13.8 Å². The van der Waals surface area contributed by atoms with E-state index < -0.39 is 0 Å². The summed E-state index contributed by atoms with van der Waals surface area (Å²) in [6.07, 6.45) is 0. The number of hydrogen-bond acceptors (Lipinski definition) is 3. The van der Waals surface area contributed by atoms with Crippen LogP contribution in [-0.4, -0.2) is 50.7 Å². The van der Waals surface area contributed by atoms with Crippen molar-refractivity contribution < 1.29 is 9.53 Å². The van der Waals surface area contributed by atoms with Gasteiger partial charge in [0.1, 0.15) is 0 Å². The second kappa shape index (κ2) is 6.08. The Hall–Kier alpha value is -0.610. The monoisotopic (exact) mass is 214 g/mol. The van der Waals surface area contributed by atoms with Crippen LogP contribution in [-0.2, 0) is 9.53 Å². The van der Waals surface area contributed by atoms with Crippen LogP contribution in [0.3, 0.4) is 0 Å². The first kappa shape index (κ1) is 12.5. The topological polar surface area (TPSA) is 41.6 Å². The summed E-state index contributed by atoms with van der Waals surface area (Å²) in [5, 5.41) is 2.89. The lowest BCUT2D eigenvalue weighted by atomic mass is 9.99. The molecule has 1 N–H and O–H groups in total. The van der Waals surface area contributed by atoms with Crippen LogP contribution in [0.4, 0.5) is 0 Å². The fourth-order valence-electron chi connectivity index (χ4n) is 1.99. The highest BCUT2D eigenvalue weighted by atomic mass is 16.5. The zero-order valence-corrected chi connectivity index (χ0v) is 9.95. The van der Waals surface area contributed by atoms with Gasteiger partial charge in [0.2, 0.25) is 5.91 Å². The molecule has 4 nitrogen and oxygen atoms in total. The number of carbonyl (C=O) groups excluding carboxylic acids is 1. The second-order valence-corrected chi connectivity index (χ2v) is 4.23. The van der Waals surface area contributed by atoms with Gasteiger partial charge in [0, 0.05) is 25.6 Å². The molecule has 1 rings (SSSR count). The lowest BCUT2D eigenvalue weighted by Gasteiger charge is -2.16. The number of likely N-dealkylation sites (tertiary alicyclic amines) is 1. The van der Waals surface area contributed by atoms with Gasteiger partial charge in [-0.05, 0) is 19.9 Å². The van der Waals surface area contributed by atoms with E-state index in [1.807, 2.05) is 11.8 Å². The van der Waals surface area contributed by atoms with E-state index in [1.165, 1.54) is 0 Å². The number of nitrogens with one attached hydrogen (secondary N) is 1. The molecule has 0 spiro atoms. The van der Waals surface area contributed by atoms with Crippen LogP contribution in [0.15, 0.2) is 0 Å². The SMILES string of the molecule is CCOC[C@H]1CN(C(=O)CNC)C[C@@H]1C. The molecule has 1 heterocycles. The zero-order valence-electron chi connectivity index (χ0n) is 9.95. The van der Waals surface area contributed by atoms with Crippen LogP contribution in [0.1, 0.15) is 13.8 Å². The van der Waals surface area contributed by atoms with Crippen LogP contribution in [0.2, 0.25) is 0 Å². The van der Waals surface area contributed by atoms with Crippen molar-refractivity contribution in [2.24, 2.45) is 11.8 Å². The van der Waals surface area contributed by atoms with Crippen molar-refractivity contribution in [3.05, 3.63) is 0 Å². The van der Waals surface area contributed by atoms with Gasteiger partial charge in [-0.15, -0.1) is 0 Å². The van der Waals surface area contributed by atoms with Gasteiger partial charge in [-0.25, -0.2) is 0 Å². The average Bonchev–Trinajstić information content (AvgIpc) is 2.57. The molecular formula is C11H22N2O2. The third-order valence-electron chi connectivity index (χ3n) is 2.98. The van der Waals surface area contributed by atoms with Crippen molar-refractivity contribution >= 4 is 5.91 Å². The molecule has 0 radical (unpaired) electrons. The maximum Gasteiger partial charge on any atom is 0.236 e. The predicted octanol–water partition coefficient (Wildman–Crippen LogP) is 0.337. The molecule has 2 atom stereocenters. The summed E-state index contributed by atoms with van der Waals surface area (Å²) in [5.74, 6) is 1.26. The van der Waals surface area contributed by atoms with Crippen LogP contribution >= 0.6 is 0 Å². The van der Waals surface area contributed by atoms with E-state index in [4.69, 9.17) is 4.74 Å². The Morgan fingerprint density at radius 2 is 2.27 bits per heavy atom. The highest BCUT2D eigenvalue weighted by Gasteiger charge is 2.31.